The zero-order valence-corrected chi connectivity index (χ0v) is 56.5. The molecule has 10 rings (SSSR count). The van der Waals surface area contributed by atoms with Crippen molar-refractivity contribution in [2.75, 3.05) is 23.0 Å². The maximum Gasteiger partial charge on any atom is 0.206 e. The molecular formula is C75H70N6O10S4. The van der Waals surface area contributed by atoms with E-state index in [2.05, 4.69) is 36.0 Å². The molecule has 10 aromatic rings. The number of hydrogen-bond acceptors (Lipinski definition) is 16. The van der Waals surface area contributed by atoms with Crippen LogP contribution in [-0.2, 0) is 47.5 Å². The molecule has 0 N–H and O–H groups in total. The number of hydrogen-bond donors (Lipinski definition) is 0. The van der Waals surface area contributed by atoms with E-state index in [0.717, 1.165) is 22.3 Å². The van der Waals surface area contributed by atoms with Gasteiger partial charge >= 0.3 is 0 Å². The third-order valence-electron chi connectivity index (χ3n) is 16.4. The topological polar surface area (TPSA) is 223 Å². The SMILES string of the molecule is CC(C)(c1ccc(Oc2ccc(S(=O)(=O)c3ccc(Oc4ccc(CC(=O)CSCC(n5ccnc5)C(C)(C)C#N)cc4)cc3)cc2)cc1)c1ccc(Oc2ccc(S(=O)(=O)c3ccc(Oc4ccc(CC(=O)CSCC(n5ccnc5)C(C)(C)C#N)cc4)cc3)cc2)cc1. The van der Waals surface area contributed by atoms with Crippen LogP contribution in [0.5, 0.6) is 46.0 Å². The molecule has 2 atom stereocenters. The van der Waals surface area contributed by atoms with Crippen LogP contribution in [0.15, 0.2) is 251 Å². The number of carbonyl (C=O) groups is 2. The number of nitrogens with zero attached hydrogens (tertiary/aromatic N) is 6. The fourth-order valence-corrected chi connectivity index (χ4v) is 15.5. The molecular weight excluding hydrogens is 1270 g/mol. The van der Waals surface area contributed by atoms with E-state index in [-0.39, 0.29) is 56.1 Å². The number of benzene rings is 8. The number of rotatable bonds is 30. The summed E-state index contributed by atoms with van der Waals surface area (Å²) in [4.78, 5) is 34.4. The Labute approximate surface area is 563 Å². The van der Waals surface area contributed by atoms with Gasteiger partial charge in [-0.15, -0.1) is 0 Å². The van der Waals surface area contributed by atoms with Gasteiger partial charge in [0.15, 0.2) is 0 Å². The van der Waals surface area contributed by atoms with Crippen molar-refractivity contribution in [3.63, 3.8) is 0 Å². The lowest BCUT2D eigenvalue weighted by atomic mass is 9.78. The van der Waals surface area contributed by atoms with E-state index in [1.54, 1.807) is 97.8 Å². The molecule has 0 aliphatic heterocycles. The zero-order valence-electron chi connectivity index (χ0n) is 53.2. The highest BCUT2D eigenvalue weighted by Crippen LogP contribution is 2.38. The molecule has 0 saturated carbocycles. The number of ether oxygens (including phenoxy) is 4. The van der Waals surface area contributed by atoms with Gasteiger partial charge in [-0.2, -0.15) is 34.0 Å². The molecule has 0 amide bonds. The van der Waals surface area contributed by atoms with Crippen LogP contribution in [0.4, 0.5) is 0 Å². The number of imidazole rings is 2. The van der Waals surface area contributed by atoms with E-state index in [1.165, 1.54) is 72.1 Å². The van der Waals surface area contributed by atoms with Crippen molar-refractivity contribution < 1.29 is 45.4 Å². The molecule has 0 radical (unpaired) electrons. The first-order valence-electron chi connectivity index (χ1n) is 30.5. The van der Waals surface area contributed by atoms with Gasteiger partial charge in [0.05, 0.1) is 78.8 Å². The van der Waals surface area contributed by atoms with Crippen LogP contribution in [0.2, 0.25) is 0 Å². The van der Waals surface area contributed by atoms with Crippen LogP contribution < -0.4 is 18.9 Å². The molecule has 484 valence electrons. The molecule has 20 heteroatoms. The number of Topliss-reactive ketones (excluding diaryl/α,β-unsaturated/α-hetero) is 2. The summed E-state index contributed by atoms with van der Waals surface area (Å²) in [6.07, 6.45) is 10.9. The third-order valence-corrected chi connectivity index (χ3v) is 22.1. The molecule has 0 aliphatic rings. The second-order valence-corrected chi connectivity index (χ2v) is 30.4. The highest BCUT2D eigenvalue weighted by molar-refractivity contribution is 8.00. The molecule has 0 saturated heterocycles. The largest absolute Gasteiger partial charge is 0.457 e. The predicted octanol–water partition coefficient (Wildman–Crippen LogP) is 16.5. The Morgan fingerprint density at radius 1 is 0.421 bits per heavy atom. The van der Waals surface area contributed by atoms with Crippen molar-refractivity contribution in [1.82, 2.24) is 19.1 Å². The van der Waals surface area contributed by atoms with E-state index >= 15 is 0 Å². The van der Waals surface area contributed by atoms with Gasteiger partial charge in [-0.25, -0.2) is 26.8 Å². The number of aromatic nitrogens is 4. The number of thioether (sulfide) groups is 2. The molecule has 8 aromatic carbocycles. The van der Waals surface area contributed by atoms with E-state index in [1.807, 2.05) is 122 Å². The monoisotopic (exact) mass is 1340 g/mol. The smallest absolute Gasteiger partial charge is 0.206 e. The van der Waals surface area contributed by atoms with E-state index < -0.39 is 35.9 Å². The first kappa shape index (κ1) is 68.2. The summed E-state index contributed by atoms with van der Waals surface area (Å²) in [6.45, 7) is 11.8. The zero-order chi connectivity index (χ0) is 67.4. The molecule has 0 bridgehead atoms. The van der Waals surface area contributed by atoms with Gasteiger partial charge < -0.3 is 28.1 Å². The highest BCUT2D eigenvalue weighted by atomic mass is 32.2. The molecule has 16 nitrogen and oxygen atoms in total. The Kier molecular flexibility index (Phi) is 21.3. The number of sulfone groups is 2. The lowest BCUT2D eigenvalue weighted by Gasteiger charge is -2.28. The van der Waals surface area contributed by atoms with Gasteiger partial charge in [0.25, 0.3) is 0 Å². The van der Waals surface area contributed by atoms with Gasteiger partial charge in [-0.3, -0.25) is 9.59 Å². The average molecular weight is 1340 g/mol. The minimum atomic E-state index is -3.87. The average Bonchev–Trinajstić information content (AvgIpc) is 1.88. The lowest BCUT2D eigenvalue weighted by molar-refractivity contribution is -0.116. The summed E-state index contributed by atoms with van der Waals surface area (Å²) in [7, 11) is -7.74. The molecule has 2 heterocycles. The molecule has 2 aromatic heterocycles. The van der Waals surface area contributed by atoms with Gasteiger partial charge in [0.2, 0.25) is 19.7 Å². The second kappa shape index (κ2) is 29.7. The van der Waals surface area contributed by atoms with Crippen LogP contribution in [0.25, 0.3) is 0 Å². The van der Waals surface area contributed by atoms with Gasteiger partial charge in [0.1, 0.15) is 57.6 Å². The Bertz CT molecular complexity index is 4260. The Hall–Kier alpha value is -9.70. The predicted molar refractivity (Wildman–Crippen MR) is 368 cm³/mol. The maximum absolute atomic E-state index is 13.7. The standard InChI is InChI=1S/C75H70N6O10S4/c1-73(2,49-76)71(80-41-39-78-51-80)47-92-45-57(82)43-53-7-15-59(16-8-53)88-63-23-31-67(32-24-63)94(84,85)69-35-27-65(28-36-69)90-61-19-11-55(12-20-61)75(5,6)56-13-21-62(22-14-56)91-66-29-37-70(38-30-66)95(86,87)68-33-25-64(26-34-68)89-60-17-9-54(10-18-60)44-58(83)46-93-48-72(74(3,4)50-77)81-42-40-79-52-81/h7-42,51-52,71-72H,43-48H2,1-6H3. The maximum atomic E-state index is 13.7. The Morgan fingerprint density at radius 3 is 0.916 bits per heavy atom. The summed E-state index contributed by atoms with van der Waals surface area (Å²) in [5.41, 5.74) is 2.03. The van der Waals surface area contributed by atoms with Crippen LogP contribution in [0, 0.1) is 33.5 Å². The summed E-state index contributed by atoms with van der Waals surface area (Å²) >= 11 is 3.00. The van der Waals surface area contributed by atoms with Crippen molar-refractivity contribution >= 4 is 54.8 Å². The Morgan fingerprint density at radius 2 is 0.674 bits per heavy atom. The van der Waals surface area contributed by atoms with Crippen molar-refractivity contribution in [2.24, 2.45) is 10.8 Å². The third kappa shape index (κ3) is 17.2. The minimum Gasteiger partial charge on any atom is -0.457 e. The summed E-state index contributed by atoms with van der Waals surface area (Å²) < 4.78 is 82.9. The first-order valence-corrected chi connectivity index (χ1v) is 35.7. The lowest BCUT2D eigenvalue weighted by Crippen LogP contribution is -2.27. The van der Waals surface area contributed by atoms with Crippen molar-refractivity contribution in [3.05, 3.63) is 254 Å². The van der Waals surface area contributed by atoms with Crippen LogP contribution in [0.1, 0.15) is 75.9 Å². The van der Waals surface area contributed by atoms with E-state index in [9.17, 15) is 36.9 Å². The van der Waals surface area contributed by atoms with Gasteiger partial charge in [-0.05, 0) is 196 Å². The van der Waals surface area contributed by atoms with Crippen LogP contribution in [0.3, 0.4) is 0 Å². The highest BCUT2D eigenvalue weighted by Gasteiger charge is 2.33. The van der Waals surface area contributed by atoms with Crippen LogP contribution in [-0.4, -0.2) is 70.5 Å². The second-order valence-electron chi connectivity index (χ2n) is 24.4. The quantitative estimate of drug-likeness (QED) is 0.0408. The van der Waals surface area contributed by atoms with Crippen LogP contribution >= 0.6 is 23.5 Å². The molecule has 0 spiro atoms. The number of carbonyl (C=O) groups excluding carboxylic acids is 2. The fraction of sp³-hybridized carbons (Fsp3) is 0.227. The van der Waals surface area contributed by atoms with Gasteiger partial charge in [-0.1, -0.05) is 62.4 Å². The molecule has 95 heavy (non-hydrogen) atoms. The van der Waals surface area contributed by atoms with Gasteiger partial charge in [0, 0.05) is 54.5 Å². The van der Waals surface area contributed by atoms with Crippen molar-refractivity contribution in [2.45, 2.75) is 91.5 Å². The minimum absolute atomic E-state index is 0.0667. The van der Waals surface area contributed by atoms with E-state index in [0.29, 0.717) is 69.0 Å². The molecule has 0 fully saturated rings. The molecule has 0 aliphatic carbocycles. The summed E-state index contributed by atoms with van der Waals surface area (Å²) in [5, 5.41) is 19.5. The Balaban J connectivity index is 0.653. The first-order chi connectivity index (χ1) is 45.5. The summed E-state index contributed by atoms with van der Waals surface area (Å²) in [6, 6.07) is 59.2. The summed E-state index contributed by atoms with van der Waals surface area (Å²) in [5.74, 6) is 5.96. The fourth-order valence-electron chi connectivity index (χ4n) is 10.5. The molecule has 2 unspecified atom stereocenters. The number of ketones is 2. The van der Waals surface area contributed by atoms with Crippen molar-refractivity contribution in [1.29, 1.82) is 10.5 Å². The van der Waals surface area contributed by atoms with E-state index in [4.69, 9.17) is 18.9 Å². The van der Waals surface area contributed by atoms with Crippen molar-refractivity contribution in [3.8, 4) is 58.1 Å². The normalized spacial score (nSPS) is 12.6. The number of nitriles is 2.